The van der Waals surface area contributed by atoms with Crippen LogP contribution in [0.15, 0.2) is 30.3 Å². The average molecular weight is 508 g/mol. The van der Waals surface area contributed by atoms with Gasteiger partial charge in [0.15, 0.2) is 5.79 Å². The number of carbonyl (C=O) groups is 3. The number of nitrogens with one attached hydrogen (secondary N) is 3. The van der Waals surface area contributed by atoms with Gasteiger partial charge < -0.3 is 39.6 Å². The summed E-state index contributed by atoms with van der Waals surface area (Å²) in [6.07, 6.45) is -2.31. The zero-order valence-corrected chi connectivity index (χ0v) is 21.3. The van der Waals surface area contributed by atoms with Gasteiger partial charge in [-0.15, -0.1) is 0 Å². The van der Waals surface area contributed by atoms with Crippen molar-refractivity contribution in [2.45, 2.75) is 77.0 Å². The van der Waals surface area contributed by atoms with Gasteiger partial charge in [-0.1, -0.05) is 30.3 Å². The van der Waals surface area contributed by atoms with Crippen LogP contribution in [0.3, 0.4) is 0 Å². The molecule has 2 heterocycles. The molecule has 3 rings (SSSR count). The first kappa shape index (κ1) is 27.9. The first-order chi connectivity index (χ1) is 17.1. The molecule has 1 aromatic carbocycles. The van der Waals surface area contributed by atoms with E-state index in [0.29, 0.717) is 19.6 Å². The third-order valence-corrected chi connectivity index (χ3v) is 5.72. The van der Waals surface area contributed by atoms with Crippen LogP contribution in [0.25, 0.3) is 0 Å². The smallest absolute Gasteiger partial charge is 0.407 e. The minimum absolute atomic E-state index is 0.0959. The number of ether oxygens (including phenoxy) is 5. The molecule has 0 unspecified atom stereocenters. The third kappa shape index (κ3) is 8.74. The highest BCUT2D eigenvalue weighted by atomic mass is 16.8. The van der Waals surface area contributed by atoms with E-state index in [0.717, 1.165) is 5.56 Å². The van der Waals surface area contributed by atoms with Crippen LogP contribution in [0.4, 0.5) is 4.79 Å². The summed E-state index contributed by atoms with van der Waals surface area (Å²) in [5, 5.41) is 8.71. The Morgan fingerprint density at radius 2 is 1.72 bits per heavy atom. The first-order valence-corrected chi connectivity index (χ1v) is 12.2. The number of rotatable bonds is 12. The minimum atomic E-state index is -0.778. The van der Waals surface area contributed by atoms with Gasteiger partial charge in [0.1, 0.15) is 24.9 Å². The molecule has 2 saturated heterocycles. The van der Waals surface area contributed by atoms with E-state index < -0.39 is 30.1 Å². The molecule has 1 aromatic rings. The van der Waals surface area contributed by atoms with Crippen LogP contribution in [0.1, 0.15) is 39.7 Å². The highest BCUT2D eigenvalue weighted by Gasteiger charge is 2.55. The molecule has 3 N–H and O–H groups in total. The summed E-state index contributed by atoms with van der Waals surface area (Å²) >= 11 is 0. The number of amides is 2. The number of carbonyl (C=O) groups excluding carboxylic acids is 3. The van der Waals surface area contributed by atoms with Gasteiger partial charge in [-0.25, -0.2) is 4.79 Å². The molecule has 5 atom stereocenters. The van der Waals surface area contributed by atoms with Crippen LogP contribution in [0.5, 0.6) is 0 Å². The van der Waals surface area contributed by atoms with Crippen molar-refractivity contribution in [1.29, 1.82) is 0 Å². The normalized spacial score (nSPS) is 25.0. The van der Waals surface area contributed by atoms with Crippen LogP contribution < -0.4 is 16.0 Å². The molecule has 0 saturated carbocycles. The largest absolute Gasteiger partial charge is 0.461 e. The maximum Gasteiger partial charge on any atom is 0.407 e. The molecular weight excluding hydrogens is 470 g/mol. The quantitative estimate of drug-likeness (QED) is 0.282. The lowest BCUT2D eigenvalue weighted by molar-refractivity contribution is -0.187. The molecule has 36 heavy (non-hydrogen) atoms. The Labute approximate surface area is 211 Å². The summed E-state index contributed by atoms with van der Waals surface area (Å²) in [4.78, 5) is 35.3. The standard InChI is InChI=1S/C25H37N3O8/c1-16(33-17(2)29)13-28-21(30)12-19-22-23(36-25(3,4)35-22)20(34-19)14-26-10-11-27-24(31)32-15-18-8-6-5-7-9-18/h5-9,16,19-20,22-23,26H,10-15H2,1-4H3,(H,27,31)(H,28,30)/t16-,19-,20+,22+,23-/m1/s1. The Hall–Kier alpha value is -2.73. The molecule has 0 spiro atoms. The number of alkyl carbamates (subject to hydrolysis) is 1. The van der Waals surface area contributed by atoms with Gasteiger partial charge in [0, 0.05) is 26.6 Å². The Morgan fingerprint density at radius 1 is 1.03 bits per heavy atom. The van der Waals surface area contributed by atoms with Crippen molar-refractivity contribution >= 4 is 18.0 Å². The van der Waals surface area contributed by atoms with Crippen molar-refractivity contribution in [3.8, 4) is 0 Å². The van der Waals surface area contributed by atoms with E-state index in [1.165, 1.54) is 6.92 Å². The van der Waals surface area contributed by atoms with Crippen molar-refractivity contribution in [2.75, 3.05) is 26.2 Å². The highest BCUT2D eigenvalue weighted by molar-refractivity contribution is 5.76. The van der Waals surface area contributed by atoms with E-state index in [1.807, 2.05) is 44.2 Å². The second-order valence-corrected chi connectivity index (χ2v) is 9.40. The van der Waals surface area contributed by atoms with Crippen LogP contribution in [-0.2, 0) is 39.9 Å². The van der Waals surface area contributed by atoms with Gasteiger partial charge in [-0.3, -0.25) is 9.59 Å². The van der Waals surface area contributed by atoms with Crippen LogP contribution >= 0.6 is 0 Å². The monoisotopic (exact) mass is 507 g/mol. The van der Waals surface area contributed by atoms with Gasteiger partial charge in [-0.2, -0.15) is 0 Å². The van der Waals surface area contributed by atoms with E-state index >= 15 is 0 Å². The summed E-state index contributed by atoms with van der Waals surface area (Å²) in [5.41, 5.74) is 0.919. The molecule has 2 amide bonds. The van der Waals surface area contributed by atoms with Gasteiger partial charge >= 0.3 is 12.1 Å². The van der Waals surface area contributed by atoms with Crippen LogP contribution in [-0.4, -0.2) is 80.5 Å². The summed E-state index contributed by atoms with van der Waals surface area (Å²) in [6, 6.07) is 9.46. The first-order valence-electron chi connectivity index (χ1n) is 12.2. The van der Waals surface area contributed by atoms with E-state index in [2.05, 4.69) is 16.0 Å². The Kier molecular flexibility index (Phi) is 10.1. The second kappa shape index (κ2) is 13.0. The number of hydrogen-bond donors (Lipinski definition) is 3. The van der Waals surface area contributed by atoms with E-state index in [9.17, 15) is 14.4 Å². The zero-order chi connectivity index (χ0) is 26.1. The average Bonchev–Trinajstić information content (AvgIpc) is 3.29. The fourth-order valence-electron chi connectivity index (χ4n) is 4.21. The molecule has 0 bridgehead atoms. The molecule has 11 nitrogen and oxygen atoms in total. The molecule has 0 aliphatic carbocycles. The van der Waals surface area contributed by atoms with Gasteiger partial charge in [0.2, 0.25) is 5.91 Å². The van der Waals surface area contributed by atoms with Crippen molar-refractivity contribution in [2.24, 2.45) is 0 Å². The molecule has 0 aromatic heterocycles. The minimum Gasteiger partial charge on any atom is -0.461 e. The van der Waals surface area contributed by atoms with Crippen molar-refractivity contribution in [3.05, 3.63) is 35.9 Å². The van der Waals surface area contributed by atoms with Crippen molar-refractivity contribution in [3.63, 3.8) is 0 Å². The Balaban J connectivity index is 1.38. The SMILES string of the molecule is CC(=O)O[C@H](C)CNC(=O)C[C@H]1O[C@@H](CNCCNC(=O)OCc2ccccc2)[C@H]2OC(C)(C)O[C@H]21. The van der Waals surface area contributed by atoms with Gasteiger partial charge in [0.25, 0.3) is 0 Å². The topological polar surface area (TPSA) is 133 Å². The summed E-state index contributed by atoms with van der Waals surface area (Å²) in [7, 11) is 0. The van der Waals surface area contributed by atoms with E-state index in [4.69, 9.17) is 23.7 Å². The van der Waals surface area contributed by atoms with Crippen molar-refractivity contribution in [1.82, 2.24) is 16.0 Å². The molecule has 2 fully saturated rings. The summed E-state index contributed by atoms with van der Waals surface area (Å²) < 4.78 is 28.4. The fraction of sp³-hybridized carbons (Fsp3) is 0.640. The van der Waals surface area contributed by atoms with Gasteiger partial charge in [-0.05, 0) is 26.3 Å². The molecule has 0 radical (unpaired) electrons. The predicted octanol–water partition coefficient (Wildman–Crippen LogP) is 1.25. The second-order valence-electron chi connectivity index (χ2n) is 9.40. The van der Waals surface area contributed by atoms with Gasteiger partial charge in [0.05, 0.1) is 25.2 Å². The molecule has 2 aliphatic heterocycles. The van der Waals surface area contributed by atoms with Crippen LogP contribution in [0, 0.1) is 0 Å². The molecular formula is C25H37N3O8. The third-order valence-electron chi connectivity index (χ3n) is 5.72. The summed E-state index contributed by atoms with van der Waals surface area (Å²) in [6.45, 7) is 8.47. The Morgan fingerprint density at radius 3 is 2.42 bits per heavy atom. The number of fused-ring (bicyclic) bond motifs is 1. The lowest BCUT2D eigenvalue weighted by atomic mass is 10.1. The highest BCUT2D eigenvalue weighted by Crippen LogP contribution is 2.39. The zero-order valence-electron chi connectivity index (χ0n) is 21.3. The predicted molar refractivity (Wildman–Crippen MR) is 129 cm³/mol. The van der Waals surface area contributed by atoms with E-state index in [-0.39, 0.29) is 43.8 Å². The maximum atomic E-state index is 12.5. The lowest BCUT2D eigenvalue weighted by Gasteiger charge is -2.24. The lowest BCUT2D eigenvalue weighted by Crippen LogP contribution is -2.40. The number of esters is 1. The summed E-state index contributed by atoms with van der Waals surface area (Å²) in [5.74, 6) is -1.40. The van der Waals surface area contributed by atoms with Crippen LogP contribution in [0.2, 0.25) is 0 Å². The van der Waals surface area contributed by atoms with Crippen molar-refractivity contribution < 1.29 is 38.1 Å². The molecule has 2 aliphatic rings. The number of hydrogen-bond acceptors (Lipinski definition) is 9. The molecule has 200 valence electrons. The Bertz CT molecular complexity index is 881. The van der Waals surface area contributed by atoms with E-state index in [1.54, 1.807) is 6.92 Å². The fourth-order valence-corrected chi connectivity index (χ4v) is 4.21. The number of benzene rings is 1. The maximum absolute atomic E-state index is 12.5. The molecule has 11 heteroatoms.